The van der Waals surface area contributed by atoms with Crippen molar-refractivity contribution in [3.05, 3.63) is 0 Å². The molecule has 0 saturated carbocycles. The number of nitrogens with zero attached hydrogens (tertiary/aromatic N) is 1. The van der Waals surface area contributed by atoms with Gasteiger partial charge in [-0.1, -0.05) is 0 Å². The quantitative estimate of drug-likeness (QED) is 0.632. The second-order valence-electron chi connectivity index (χ2n) is 2.69. The molecule has 2 unspecified atom stereocenters. The maximum absolute atomic E-state index is 10.6. The van der Waals surface area contributed by atoms with E-state index in [-0.39, 0.29) is 6.10 Å². The molecule has 0 amide bonds. The predicted octanol–water partition coefficient (Wildman–Crippen LogP) is 0.0361. The molecule has 0 saturated heterocycles. The number of rotatable bonds is 4. The summed E-state index contributed by atoms with van der Waals surface area (Å²) in [6.07, 6.45) is -0.289. The minimum Gasteiger partial charge on any atom is -0.480 e. The van der Waals surface area contributed by atoms with Crippen LogP contribution in [0.2, 0.25) is 0 Å². The lowest BCUT2D eigenvalue weighted by Crippen LogP contribution is -2.44. The first-order valence-electron chi connectivity index (χ1n) is 3.42. The highest BCUT2D eigenvalue weighted by molar-refractivity contribution is 5.74. The van der Waals surface area contributed by atoms with Crippen molar-refractivity contribution in [1.29, 1.82) is 0 Å². The first-order chi connectivity index (χ1) is 5.00. The van der Waals surface area contributed by atoms with Gasteiger partial charge < -0.3 is 9.84 Å². The number of carboxylic acid groups (broad SMARTS) is 1. The van der Waals surface area contributed by atoms with E-state index in [2.05, 4.69) is 0 Å². The van der Waals surface area contributed by atoms with Crippen LogP contribution in [0.3, 0.4) is 0 Å². The fourth-order valence-electron chi connectivity index (χ4n) is 0.970. The summed E-state index contributed by atoms with van der Waals surface area (Å²) in [5.74, 6) is -0.857. The lowest BCUT2D eigenvalue weighted by atomic mass is 10.2. The van der Waals surface area contributed by atoms with E-state index in [0.29, 0.717) is 0 Å². The summed E-state index contributed by atoms with van der Waals surface area (Å²) in [7, 11) is 4.94. The standard InChI is InChI=1S/C7H15NO3/c1-5(11-4)6(7(9)10)8(2)3/h5-6H,1-4H3,(H,9,10). The molecule has 0 aliphatic heterocycles. The molecule has 0 heterocycles. The molecule has 66 valence electrons. The largest absolute Gasteiger partial charge is 0.480 e. The highest BCUT2D eigenvalue weighted by Gasteiger charge is 2.26. The molecule has 0 aromatic rings. The average molecular weight is 161 g/mol. The Morgan fingerprint density at radius 3 is 2.09 bits per heavy atom. The molecule has 0 aliphatic rings. The first-order valence-corrected chi connectivity index (χ1v) is 3.42. The lowest BCUT2D eigenvalue weighted by Gasteiger charge is -2.24. The van der Waals surface area contributed by atoms with E-state index < -0.39 is 12.0 Å². The second kappa shape index (κ2) is 4.31. The zero-order valence-corrected chi connectivity index (χ0v) is 7.37. The van der Waals surface area contributed by atoms with Crippen LogP contribution in [0.1, 0.15) is 6.92 Å². The smallest absolute Gasteiger partial charge is 0.323 e. The third-order valence-electron chi connectivity index (χ3n) is 1.63. The van der Waals surface area contributed by atoms with E-state index in [0.717, 1.165) is 0 Å². The molecule has 0 aromatic carbocycles. The van der Waals surface area contributed by atoms with Crippen LogP contribution >= 0.6 is 0 Å². The van der Waals surface area contributed by atoms with Crippen molar-refractivity contribution in [2.75, 3.05) is 21.2 Å². The molecular weight excluding hydrogens is 146 g/mol. The van der Waals surface area contributed by atoms with Crippen LogP contribution in [0, 0.1) is 0 Å². The Hall–Kier alpha value is -0.610. The molecule has 0 radical (unpaired) electrons. The maximum atomic E-state index is 10.6. The molecule has 4 nitrogen and oxygen atoms in total. The third-order valence-corrected chi connectivity index (χ3v) is 1.63. The van der Waals surface area contributed by atoms with Crippen molar-refractivity contribution in [2.24, 2.45) is 0 Å². The molecule has 1 N–H and O–H groups in total. The number of aliphatic carboxylic acids is 1. The van der Waals surface area contributed by atoms with Crippen molar-refractivity contribution in [1.82, 2.24) is 4.90 Å². The minimum atomic E-state index is -0.857. The molecule has 0 aliphatic carbocycles. The number of ether oxygens (including phenoxy) is 1. The summed E-state index contributed by atoms with van der Waals surface area (Å²) in [4.78, 5) is 12.2. The highest BCUT2D eigenvalue weighted by atomic mass is 16.5. The second-order valence-corrected chi connectivity index (χ2v) is 2.69. The van der Waals surface area contributed by atoms with Gasteiger partial charge in [-0.05, 0) is 21.0 Å². The Morgan fingerprint density at radius 1 is 1.55 bits per heavy atom. The van der Waals surface area contributed by atoms with Gasteiger partial charge in [0.05, 0.1) is 6.10 Å². The predicted molar refractivity (Wildman–Crippen MR) is 41.6 cm³/mol. The Labute approximate surface area is 66.8 Å². The SMILES string of the molecule is COC(C)C(C(=O)O)N(C)C. The molecule has 0 aromatic heterocycles. The van der Waals surface area contributed by atoms with Crippen molar-refractivity contribution in [3.63, 3.8) is 0 Å². The van der Waals surface area contributed by atoms with Crippen LogP contribution in [-0.2, 0) is 9.53 Å². The zero-order valence-electron chi connectivity index (χ0n) is 7.37. The topological polar surface area (TPSA) is 49.8 Å². The Kier molecular flexibility index (Phi) is 4.07. The van der Waals surface area contributed by atoms with Crippen molar-refractivity contribution < 1.29 is 14.6 Å². The van der Waals surface area contributed by atoms with Gasteiger partial charge >= 0.3 is 5.97 Å². The molecule has 0 fully saturated rings. The number of methoxy groups -OCH3 is 1. The summed E-state index contributed by atoms with van der Waals surface area (Å²) >= 11 is 0. The molecule has 0 rings (SSSR count). The Bertz CT molecular complexity index is 136. The monoisotopic (exact) mass is 161 g/mol. The fraction of sp³-hybridized carbons (Fsp3) is 0.857. The maximum Gasteiger partial charge on any atom is 0.323 e. The van der Waals surface area contributed by atoms with Crippen LogP contribution in [0.5, 0.6) is 0 Å². The van der Waals surface area contributed by atoms with Gasteiger partial charge in [-0.3, -0.25) is 9.69 Å². The van der Waals surface area contributed by atoms with E-state index >= 15 is 0 Å². The van der Waals surface area contributed by atoms with Crippen LogP contribution in [0.25, 0.3) is 0 Å². The summed E-state index contributed by atoms with van der Waals surface area (Å²) in [6, 6.07) is -0.569. The number of carboxylic acids is 1. The van der Waals surface area contributed by atoms with Gasteiger partial charge in [-0.25, -0.2) is 0 Å². The van der Waals surface area contributed by atoms with Gasteiger partial charge in [0, 0.05) is 7.11 Å². The van der Waals surface area contributed by atoms with Crippen LogP contribution in [-0.4, -0.2) is 49.3 Å². The number of hydrogen-bond acceptors (Lipinski definition) is 3. The third kappa shape index (κ3) is 2.86. The minimum absolute atomic E-state index is 0.289. The summed E-state index contributed by atoms with van der Waals surface area (Å²) in [5.41, 5.74) is 0. The van der Waals surface area contributed by atoms with Crippen molar-refractivity contribution >= 4 is 5.97 Å². The Balaban J connectivity index is 4.21. The molecule has 0 spiro atoms. The fourth-order valence-corrected chi connectivity index (χ4v) is 0.970. The average Bonchev–Trinajstić information content (AvgIpc) is 1.85. The molecule has 0 bridgehead atoms. The molecular formula is C7H15NO3. The van der Waals surface area contributed by atoms with E-state index in [1.54, 1.807) is 25.9 Å². The van der Waals surface area contributed by atoms with E-state index in [9.17, 15) is 4.79 Å². The van der Waals surface area contributed by atoms with Gasteiger partial charge in [-0.2, -0.15) is 0 Å². The normalized spacial score (nSPS) is 16.5. The van der Waals surface area contributed by atoms with Gasteiger partial charge in [0.25, 0.3) is 0 Å². The van der Waals surface area contributed by atoms with Crippen molar-refractivity contribution in [3.8, 4) is 0 Å². The summed E-state index contributed by atoms with van der Waals surface area (Å²) < 4.78 is 4.91. The lowest BCUT2D eigenvalue weighted by molar-refractivity contribution is -0.146. The van der Waals surface area contributed by atoms with Crippen LogP contribution in [0.15, 0.2) is 0 Å². The summed E-state index contributed by atoms with van der Waals surface area (Å²) in [5, 5.41) is 8.72. The van der Waals surface area contributed by atoms with Crippen LogP contribution in [0.4, 0.5) is 0 Å². The van der Waals surface area contributed by atoms with Crippen molar-refractivity contribution in [2.45, 2.75) is 19.1 Å². The molecule has 11 heavy (non-hydrogen) atoms. The Morgan fingerprint density at radius 2 is 2.00 bits per heavy atom. The summed E-state index contributed by atoms with van der Waals surface area (Å²) in [6.45, 7) is 1.73. The zero-order chi connectivity index (χ0) is 9.02. The molecule has 4 heteroatoms. The number of hydrogen-bond donors (Lipinski definition) is 1. The highest BCUT2D eigenvalue weighted by Crippen LogP contribution is 2.03. The van der Waals surface area contributed by atoms with Gasteiger partial charge in [0.2, 0.25) is 0 Å². The van der Waals surface area contributed by atoms with Gasteiger partial charge in [0.15, 0.2) is 0 Å². The molecule has 2 atom stereocenters. The number of carbonyl (C=O) groups is 1. The van der Waals surface area contributed by atoms with Crippen LogP contribution < -0.4 is 0 Å². The van der Waals surface area contributed by atoms with E-state index in [4.69, 9.17) is 9.84 Å². The number of likely N-dealkylation sites (N-methyl/N-ethyl adjacent to an activating group) is 1. The van der Waals surface area contributed by atoms with E-state index in [1.807, 2.05) is 0 Å². The van der Waals surface area contributed by atoms with Gasteiger partial charge in [-0.15, -0.1) is 0 Å². The van der Waals surface area contributed by atoms with Gasteiger partial charge in [0.1, 0.15) is 6.04 Å². The van der Waals surface area contributed by atoms with E-state index in [1.165, 1.54) is 7.11 Å². The first kappa shape index (κ1) is 10.4.